The van der Waals surface area contributed by atoms with Gasteiger partial charge in [0.1, 0.15) is 5.75 Å². The van der Waals surface area contributed by atoms with Crippen LogP contribution in [0.2, 0.25) is 0 Å². The van der Waals surface area contributed by atoms with Gasteiger partial charge in [-0.15, -0.1) is 0 Å². The van der Waals surface area contributed by atoms with Crippen LogP contribution in [-0.4, -0.2) is 7.11 Å². The second kappa shape index (κ2) is 5.90. The zero-order chi connectivity index (χ0) is 13.1. The molecule has 0 aliphatic rings. The lowest BCUT2D eigenvalue weighted by molar-refractivity contribution is 0.406. The summed E-state index contributed by atoms with van der Waals surface area (Å²) in [5.74, 6) is 1.04. The minimum absolute atomic E-state index is 0.162. The van der Waals surface area contributed by atoms with E-state index >= 15 is 0 Å². The van der Waals surface area contributed by atoms with Gasteiger partial charge >= 0.3 is 0 Å². The average molecular weight is 299 g/mol. The van der Waals surface area contributed by atoms with Crippen molar-refractivity contribution >= 4 is 15.9 Å². The van der Waals surface area contributed by atoms with Crippen molar-refractivity contribution in [1.29, 1.82) is 0 Å². The van der Waals surface area contributed by atoms with E-state index in [2.05, 4.69) is 55.8 Å². The van der Waals surface area contributed by atoms with Gasteiger partial charge in [0.2, 0.25) is 0 Å². The number of benzene rings is 1. The van der Waals surface area contributed by atoms with Gasteiger partial charge in [0.05, 0.1) is 7.11 Å². The number of methoxy groups -OCH3 is 1. The molecule has 0 amide bonds. The highest BCUT2D eigenvalue weighted by molar-refractivity contribution is 9.08. The van der Waals surface area contributed by atoms with E-state index in [1.807, 2.05) is 0 Å². The zero-order valence-corrected chi connectivity index (χ0v) is 13.1. The van der Waals surface area contributed by atoms with Crippen molar-refractivity contribution in [1.82, 2.24) is 0 Å². The highest BCUT2D eigenvalue weighted by Crippen LogP contribution is 2.33. The molecule has 0 fully saturated rings. The van der Waals surface area contributed by atoms with Gasteiger partial charge in [0.25, 0.3) is 0 Å². The minimum atomic E-state index is 0.162. The van der Waals surface area contributed by atoms with Crippen LogP contribution in [-0.2, 0) is 17.2 Å². The molecule has 2 heteroatoms. The number of alkyl halides is 1. The Morgan fingerprint density at radius 1 is 1.24 bits per heavy atom. The van der Waals surface area contributed by atoms with E-state index < -0.39 is 0 Å². The summed E-state index contributed by atoms with van der Waals surface area (Å²) in [7, 11) is 1.76. The molecule has 1 nitrogen and oxygen atoms in total. The van der Waals surface area contributed by atoms with Crippen molar-refractivity contribution in [3.05, 3.63) is 28.8 Å². The molecule has 17 heavy (non-hydrogen) atoms. The third-order valence-electron chi connectivity index (χ3n) is 3.03. The normalized spacial score (nSPS) is 11.6. The van der Waals surface area contributed by atoms with Crippen LogP contribution in [0.3, 0.4) is 0 Å². The van der Waals surface area contributed by atoms with Crippen molar-refractivity contribution in [2.45, 2.75) is 51.3 Å². The third kappa shape index (κ3) is 3.48. The van der Waals surface area contributed by atoms with Crippen molar-refractivity contribution in [3.8, 4) is 5.75 Å². The highest BCUT2D eigenvalue weighted by atomic mass is 79.9. The van der Waals surface area contributed by atoms with E-state index in [9.17, 15) is 0 Å². The van der Waals surface area contributed by atoms with Crippen LogP contribution in [0.4, 0.5) is 0 Å². The molecule has 0 bridgehead atoms. The van der Waals surface area contributed by atoms with Crippen LogP contribution in [0, 0.1) is 0 Å². The van der Waals surface area contributed by atoms with Gasteiger partial charge in [0.15, 0.2) is 0 Å². The Morgan fingerprint density at radius 2 is 1.88 bits per heavy atom. The van der Waals surface area contributed by atoms with Crippen LogP contribution in [0.5, 0.6) is 5.75 Å². The Bertz CT molecular complexity index is 352. The molecule has 0 aliphatic heterocycles. The predicted molar refractivity (Wildman–Crippen MR) is 78.3 cm³/mol. The van der Waals surface area contributed by atoms with E-state index in [0.29, 0.717) is 0 Å². The van der Waals surface area contributed by atoms with E-state index in [-0.39, 0.29) is 5.41 Å². The Morgan fingerprint density at radius 3 is 2.29 bits per heavy atom. The maximum atomic E-state index is 5.56. The number of ether oxygens (including phenoxy) is 1. The maximum Gasteiger partial charge on any atom is 0.122 e. The fraction of sp³-hybridized carbons (Fsp3) is 0.600. The first-order valence-electron chi connectivity index (χ1n) is 6.20. The molecule has 0 radical (unpaired) electrons. The molecule has 1 aromatic rings. The summed E-state index contributed by atoms with van der Waals surface area (Å²) < 4.78 is 5.56. The Kier molecular flexibility index (Phi) is 5.05. The van der Waals surface area contributed by atoms with Crippen LogP contribution >= 0.6 is 15.9 Å². The first-order chi connectivity index (χ1) is 7.93. The van der Waals surface area contributed by atoms with E-state index in [0.717, 1.165) is 23.9 Å². The van der Waals surface area contributed by atoms with Crippen molar-refractivity contribution < 1.29 is 4.74 Å². The Labute approximate surface area is 114 Å². The monoisotopic (exact) mass is 298 g/mol. The summed E-state index contributed by atoms with van der Waals surface area (Å²) in [6.45, 7) is 8.91. The zero-order valence-electron chi connectivity index (χ0n) is 11.6. The summed E-state index contributed by atoms with van der Waals surface area (Å²) >= 11 is 3.59. The Balaban J connectivity index is 3.33. The van der Waals surface area contributed by atoms with Gasteiger partial charge in [-0.25, -0.2) is 0 Å². The molecular formula is C15H23BrO. The quantitative estimate of drug-likeness (QED) is 0.723. The lowest BCUT2D eigenvalue weighted by Gasteiger charge is -2.23. The molecule has 0 saturated heterocycles. The van der Waals surface area contributed by atoms with Crippen LogP contribution in [0.1, 0.15) is 50.8 Å². The highest BCUT2D eigenvalue weighted by Gasteiger charge is 2.18. The van der Waals surface area contributed by atoms with Crippen LogP contribution in [0.25, 0.3) is 0 Å². The first kappa shape index (κ1) is 14.6. The molecule has 0 N–H and O–H groups in total. The SMILES string of the molecule is CCCc1c(CBr)cc(C(C)(C)C)cc1OC. The smallest absolute Gasteiger partial charge is 0.122 e. The molecule has 0 heterocycles. The van der Waals surface area contributed by atoms with Gasteiger partial charge < -0.3 is 4.74 Å². The van der Waals surface area contributed by atoms with Crippen molar-refractivity contribution in [2.75, 3.05) is 7.11 Å². The van der Waals surface area contributed by atoms with Gasteiger partial charge in [-0.3, -0.25) is 0 Å². The first-order valence-corrected chi connectivity index (χ1v) is 7.32. The molecule has 1 aromatic carbocycles. The second-order valence-corrected chi connectivity index (χ2v) is 6.01. The summed E-state index contributed by atoms with van der Waals surface area (Å²) in [6.07, 6.45) is 2.22. The van der Waals surface area contributed by atoms with Gasteiger partial charge in [-0.2, -0.15) is 0 Å². The molecule has 1 rings (SSSR count). The summed E-state index contributed by atoms with van der Waals surface area (Å²) in [6, 6.07) is 4.50. The minimum Gasteiger partial charge on any atom is -0.496 e. The van der Waals surface area contributed by atoms with E-state index in [1.165, 1.54) is 16.7 Å². The lowest BCUT2D eigenvalue weighted by Crippen LogP contribution is -2.13. The Hall–Kier alpha value is -0.500. The number of rotatable bonds is 4. The average Bonchev–Trinajstić information content (AvgIpc) is 2.28. The largest absolute Gasteiger partial charge is 0.496 e. The molecule has 0 saturated carbocycles. The van der Waals surface area contributed by atoms with Gasteiger partial charge in [-0.1, -0.05) is 56.1 Å². The second-order valence-electron chi connectivity index (χ2n) is 5.45. The standard InChI is InChI=1S/C15H23BrO/c1-6-7-13-11(10-16)8-12(15(2,3)4)9-14(13)17-5/h8-9H,6-7,10H2,1-5H3. The van der Waals surface area contributed by atoms with Gasteiger partial charge in [0, 0.05) is 5.33 Å². The van der Waals surface area contributed by atoms with Crippen molar-refractivity contribution in [2.24, 2.45) is 0 Å². The van der Waals surface area contributed by atoms with Crippen LogP contribution < -0.4 is 4.74 Å². The molecular weight excluding hydrogens is 276 g/mol. The predicted octanol–water partition coefficient (Wildman–Crippen LogP) is 4.84. The fourth-order valence-electron chi connectivity index (χ4n) is 1.97. The fourth-order valence-corrected chi connectivity index (χ4v) is 2.47. The molecule has 96 valence electrons. The van der Waals surface area contributed by atoms with E-state index in [1.54, 1.807) is 7.11 Å². The summed E-state index contributed by atoms with van der Waals surface area (Å²) in [4.78, 5) is 0. The summed E-state index contributed by atoms with van der Waals surface area (Å²) in [5, 5.41) is 0.891. The number of hydrogen-bond donors (Lipinski definition) is 0. The third-order valence-corrected chi connectivity index (χ3v) is 3.64. The number of halogens is 1. The topological polar surface area (TPSA) is 9.23 Å². The molecule has 0 unspecified atom stereocenters. The lowest BCUT2D eigenvalue weighted by atomic mass is 9.84. The molecule has 0 spiro atoms. The van der Waals surface area contributed by atoms with Crippen molar-refractivity contribution in [3.63, 3.8) is 0 Å². The maximum absolute atomic E-state index is 5.56. The molecule has 0 aromatic heterocycles. The van der Waals surface area contributed by atoms with Crippen LogP contribution in [0.15, 0.2) is 12.1 Å². The molecule has 0 atom stereocenters. The summed E-state index contributed by atoms with van der Waals surface area (Å²) in [5.41, 5.74) is 4.20. The molecule has 0 aliphatic carbocycles. The van der Waals surface area contributed by atoms with E-state index in [4.69, 9.17) is 4.74 Å². The van der Waals surface area contributed by atoms with Gasteiger partial charge in [-0.05, 0) is 34.6 Å². The number of hydrogen-bond acceptors (Lipinski definition) is 1.